The van der Waals surface area contributed by atoms with Crippen molar-refractivity contribution in [1.82, 2.24) is 15.6 Å². The van der Waals surface area contributed by atoms with Gasteiger partial charge in [-0.15, -0.1) is 0 Å². The number of nitrogens with zero attached hydrogens (tertiary/aromatic N) is 3. The van der Waals surface area contributed by atoms with E-state index in [-0.39, 0.29) is 0 Å². The molecule has 0 aliphatic rings. The van der Waals surface area contributed by atoms with E-state index in [1.165, 1.54) is 5.69 Å². The molecule has 0 saturated heterocycles. The Morgan fingerprint density at radius 2 is 1.86 bits per heavy atom. The summed E-state index contributed by atoms with van der Waals surface area (Å²) in [6.07, 6.45) is 1.79. The summed E-state index contributed by atoms with van der Waals surface area (Å²) < 4.78 is 0. The molecule has 1 aromatic heterocycles. The number of rotatable bonds is 6. The van der Waals surface area contributed by atoms with Crippen molar-refractivity contribution >= 4 is 11.6 Å². The largest absolute Gasteiger partial charge is 0.373 e. The van der Waals surface area contributed by atoms with Gasteiger partial charge in [0.1, 0.15) is 0 Å². The van der Waals surface area contributed by atoms with Crippen molar-refractivity contribution in [2.45, 2.75) is 6.54 Å². The number of hydrogen-bond donors (Lipinski definition) is 2. The van der Waals surface area contributed by atoms with E-state index in [0.29, 0.717) is 6.54 Å². The molecule has 116 valence electrons. The predicted molar refractivity (Wildman–Crippen MR) is 92.2 cm³/mol. The van der Waals surface area contributed by atoms with Crippen LogP contribution in [0.4, 0.5) is 5.69 Å². The van der Waals surface area contributed by atoms with Gasteiger partial charge in [-0.25, -0.2) is 0 Å². The monoisotopic (exact) mass is 297 g/mol. The molecule has 0 atom stereocenters. The lowest BCUT2D eigenvalue weighted by Crippen LogP contribution is -2.40. The van der Waals surface area contributed by atoms with E-state index in [0.717, 1.165) is 24.7 Å². The van der Waals surface area contributed by atoms with Crippen molar-refractivity contribution in [2.24, 2.45) is 4.99 Å². The number of para-hydroxylation sites is 1. The summed E-state index contributed by atoms with van der Waals surface area (Å²) in [5, 5.41) is 6.57. The molecule has 2 aromatic rings. The quantitative estimate of drug-likeness (QED) is 0.631. The average molecular weight is 297 g/mol. The summed E-state index contributed by atoms with van der Waals surface area (Å²) in [5.41, 5.74) is 2.20. The molecular formula is C17H23N5. The number of aromatic nitrogens is 1. The highest BCUT2D eigenvalue weighted by Gasteiger charge is 2.01. The number of nitrogens with one attached hydrogen (secondary N) is 2. The Hall–Kier alpha value is -2.56. The first-order valence-corrected chi connectivity index (χ1v) is 7.40. The summed E-state index contributed by atoms with van der Waals surface area (Å²) in [6, 6.07) is 16.2. The Labute approximate surface area is 132 Å². The first-order chi connectivity index (χ1) is 10.8. The van der Waals surface area contributed by atoms with Crippen LogP contribution < -0.4 is 15.5 Å². The van der Waals surface area contributed by atoms with Crippen LogP contribution in [0.5, 0.6) is 0 Å². The third kappa shape index (κ3) is 5.09. The summed E-state index contributed by atoms with van der Waals surface area (Å²) in [6.45, 7) is 2.37. The van der Waals surface area contributed by atoms with Gasteiger partial charge in [-0.3, -0.25) is 9.98 Å². The number of aliphatic imine (C=N–C) groups is 1. The van der Waals surface area contributed by atoms with Gasteiger partial charge in [0.05, 0.1) is 12.2 Å². The predicted octanol–water partition coefficient (Wildman–Crippen LogP) is 1.88. The zero-order valence-corrected chi connectivity index (χ0v) is 13.2. The number of pyridine rings is 1. The van der Waals surface area contributed by atoms with Crippen LogP contribution in [-0.4, -0.2) is 38.1 Å². The highest BCUT2D eigenvalue weighted by molar-refractivity contribution is 5.79. The molecule has 5 heteroatoms. The van der Waals surface area contributed by atoms with Crippen molar-refractivity contribution in [3.8, 4) is 0 Å². The van der Waals surface area contributed by atoms with E-state index in [1.807, 2.05) is 36.4 Å². The van der Waals surface area contributed by atoms with Crippen molar-refractivity contribution in [2.75, 3.05) is 32.1 Å². The number of guanidine groups is 1. The number of hydrogen-bond acceptors (Lipinski definition) is 3. The molecule has 0 aliphatic carbocycles. The van der Waals surface area contributed by atoms with Gasteiger partial charge in [0.15, 0.2) is 5.96 Å². The van der Waals surface area contributed by atoms with Crippen molar-refractivity contribution in [3.63, 3.8) is 0 Å². The molecule has 2 rings (SSSR count). The fraction of sp³-hybridized carbons (Fsp3) is 0.294. The van der Waals surface area contributed by atoms with E-state index in [2.05, 4.69) is 44.7 Å². The lowest BCUT2D eigenvalue weighted by Gasteiger charge is -2.20. The van der Waals surface area contributed by atoms with Gasteiger partial charge in [-0.2, -0.15) is 0 Å². The second-order valence-electron chi connectivity index (χ2n) is 4.93. The van der Waals surface area contributed by atoms with Crippen LogP contribution in [0.25, 0.3) is 0 Å². The van der Waals surface area contributed by atoms with Gasteiger partial charge < -0.3 is 15.5 Å². The molecule has 1 aromatic carbocycles. The maximum atomic E-state index is 4.28. The molecule has 1 heterocycles. The molecule has 0 radical (unpaired) electrons. The molecule has 0 amide bonds. The van der Waals surface area contributed by atoms with E-state index in [4.69, 9.17) is 0 Å². The van der Waals surface area contributed by atoms with Gasteiger partial charge in [0.2, 0.25) is 0 Å². The molecule has 5 nitrogen and oxygen atoms in total. The topological polar surface area (TPSA) is 52.6 Å². The third-order valence-corrected chi connectivity index (χ3v) is 3.32. The van der Waals surface area contributed by atoms with Crippen molar-refractivity contribution < 1.29 is 0 Å². The van der Waals surface area contributed by atoms with E-state index < -0.39 is 0 Å². The molecule has 22 heavy (non-hydrogen) atoms. The zero-order chi connectivity index (χ0) is 15.6. The SMILES string of the molecule is CN=C(NCCN(C)c1ccccc1)NCc1ccccn1. The molecule has 0 unspecified atom stereocenters. The van der Waals surface area contributed by atoms with Crippen LogP contribution in [0.1, 0.15) is 5.69 Å². The Balaban J connectivity index is 1.72. The molecule has 0 aliphatic heterocycles. The van der Waals surface area contributed by atoms with Crippen LogP contribution in [0, 0.1) is 0 Å². The minimum Gasteiger partial charge on any atom is -0.373 e. The van der Waals surface area contributed by atoms with Crippen molar-refractivity contribution in [3.05, 3.63) is 60.4 Å². The highest BCUT2D eigenvalue weighted by atomic mass is 15.2. The van der Waals surface area contributed by atoms with Gasteiger partial charge in [-0.1, -0.05) is 24.3 Å². The molecule has 0 bridgehead atoms. The zero-order valence-electron chi connectivity index (χ0n) is 13.2. The van der Waals surface area contributed by atoms with E-state index in [1.54, 1.807) is 13.2 Å². The van der Waals surface area contributed by atoms with Crippen LogP contribution in [-0.2, 0) is 6.54 Å². The maximum absolute atomic E-state index is 4.28. The van der Waals surface area contributed by atoms with Crippen LogP contribution in [0.15, 0.2) is 59.7 Å². The number of likely N-dealkylation sites (N-methyl/N-ethyl adjacent to an activating group) is 1. The van der Waals surface area contributed by atoms with Gasteiger partial charge in [-0.05, 0) is 24.3 Å². The minimum absolute atomic E-state index is 0.662. The lowest BCUT2D eigenvalue weighted by atomic mass is 10.3. The van der Waals surface area contributed by atoms with Gasteiger partial charge >= 0.3 is 0 Å². The van der Waals surface area contributed by atoms with Crippen LogP contribution in [0.3, 0.4) is 0 Å². The normalized spacial score (nSPS) is 11.1. The van der Waals surface area contributed by atoms with E-state index >= 15 is 0 Å². The summed E-state index contributed by atoms with van der Waals surface area (Å²) >= 11 is 0. The fourth-order valence-electron chi connectivity index (χ4n) is 2.05. The Morgan fingerprint density at radius 1 is 1.09 bits per heavy atom. The highest BCUT2D eigenvalue weighted by Crippen LogP contribution is 2.09. The Morgan fingerprint density at radius 3 is 2.55 bits per heavy atom. The van der Waals surface area contributed by atoms with Crippen molar-refractivity contribution in [1.29, 1.82) is 0 Å². The second kappa shape index (κ2) is 8.67. The summed E-state index contributed by atoms with van der Waals surface area (Å²) in [4.78, 5) is 10.7. The first-order valence-electron chi connectivity index (χ1n) is 7.40. The Bertz CT molecular complexity index is 568. The maximum Gasteiger partial charge on any atom is 0.191 e. The van der Waals surface area contributed by atoms with Gasteiger partial charge in [0.25, 0.3) is 0 Å². The molecule has 0 saturated carbocycles. The van der Waals surface area contributed by atoms with Crippen LogP contribution >= 0.6 is 0 Å². The minimum atomic E-state index is 0.662. The van der Waals surface area contributed by atoms with Gasteiger partial charge in [0, 0.05) is 39.1 Å². The Kier molecular flexibility index (Phi) is 6.23. The van der Waals surface area contributed by atoms with E-state index in [9.17, 15) is 0 Å². The number of benzene rings is 1. The summed E-state index contributed by atoms with van der Waals surface area (Å²) in [7, 11) is 3.86. The van der Waals surface area contributed by atoms with Crippen LogP contribution in [0.2, 0.25) is 0 Å². The second-order valence-corrected chi connectivity index (χ2v) is 4.93. The first kappa shape index (κ1) is 15.8. The molecule has 2 N–H and O–H groups in total. The standard InChI is InChI=1S/C17H23N5/c1-18-17(21-14-15-8-6-7-11-19-15)20-12-13-22(2)16-9-4-3-5-10-16/h3-11H,12-14H2,1-2H3,(H2,18,20,21). The summed E-state index contributed by atoms with van der Waals surface area (Å²) in [5.74, 6) is 0.784. The average Bonchev–Trinajstić information content (AvgIpc) is 2.59. The third-order valence-electron chi connectivity index (χ3n) is 3.32. The number of anilines is 1. The molecule has 0 spiro atoms. The molecule has 0 fully saturated rings. The smallest absolute Gasteiger partial charge is 0.191 e. The fourth-order valence-corrected chi connectivity index (χ4v) is 2.05. The lowest BCUT2D eigenvalue weighted by molar-refractivity contribution is 0.770. The molecular weight excluding hydrogens is 274 g/mol.